The van der Waals surface area contributed by atoms with Crippen LogP contribution in [0.15, 0.2) is 11.6 Å². The number of carbonyl (C=O) groups is 3. The van der Waals surface area contributed by atoms with Crippen LogP contribution < -0.4 is 20.7 Å². The molecule has 2 aliphatic carbocycles. The first-order chi connectivity index (χ1) is 18.3. The quantitative estimate of drug-likeness (QED) is 0.282. The first-order valence-corrected chi connectivity index (χ1v) is 14.3. The van der Waals surface area contributed by atoms with E-state index in [1.807, 2.05) is 14.0 Å². The summed E-state index contributed by atoms with van der Waals surface area (Å²) < 4.78 is 6.28. The van der Waals surface area contributed by atoms with Crippen molar-refractivity contribution >= 4 is 29.0 Å². The summed E-state index contributed by atoms with van der Waals surface area (Å²) in [6, 6.07) is 1.70. The summed E-state index contributed by atoms with van der Waals surface area (Å²) in [4.78, 5) is 50.4. The van der Waals surface area contributed by atoms with Crippen LogP contribution in [0.3, 0.4) is 0 Å². The molecule has 0 aromatic carbocycles. The fraction of sp³-hybridized carbons (Fsp3) is 0.690. The number of amides is 1. The average molecular weight is 526 g/mol. The molecule has 38 heavy (non-hydrogen) atoms. The Morgan fingerprint density at radius 1 is 1.08 bits per heavy atom. The second kappa shape index (κ2) is 12.4. The van der Waals surface area contributed by atoms with Gasteiger partial charge in [0.05, 0.1) is 11.1 Å². The van der Waals surface area contributed by atoms with E-state index in [0.29, 0.717) is 55.9 Å². The smallest absolute Gasteiger partial charge is 0.228 e. The number of nitrogens with two attached hydrogens (primary N) is 1. The summed E-state index contributed by atoms with van der Waals surface area (Å²) >= 11 is 0. The maximum atomic E-state index is 13.7. The minimum Gasteiger partial charge on any atom is -0.474 e. The van der Waals surface area contributed by atoms with Gasteiger partial charge in [0.1, 0.15) is 17.7 Å². The highest BCUT2D eigenvalue weighted by Crippen LogP contribution is 2.45. The molecule has 3 fully saturated rings. The molecule has 3 atom stereocenters. The molecule has 0 radical (unpaired) electrons. The number of piperidine rings is 1. The van der Waals surface area contributed by atoms with Gasteiger partial charge in [-0.2, -0.15) is 4.98 Å². The lowest BCUT2D eigenvalue weighted by Gasteiger charge is -2.38. The van der Waals surface area contributed by atoms with Crippen LogP contribution in [0.2, 0.25) is 0 Å². The van der Waals surface area contributed by atoms with Gasteiger partial charge in [0.15, 0.2) is 11.6 Å². The van der Waals surface area contributed by atoms with Gasteiger partial charge in [-0.05, 0) is 84.2 Å². The molecule has 2 saturated carbocycles. The minimum absolute atomic E-state index is 0.00653. The lowest BCUT2D eigenvalue weighted by molar-refractivity contribution is -0.143. The van der Waals surface area contributed by atoms with E-state index in [1.54, 1.807) is 11.0 Å². The summed E-state index contributed by atoms with van der Waals surface area (Å²) in [5, 5.41) is 3.17. The molecule has 0 bridgehead atoms. The number of carbonyl (C=O) groups excluding carboxylic acids is 3. The molecule has 1 aliphatic heterocycles. The molecule has 3 aliphatic rings. The molecule has 1 aromatic heterocycles. The van der Waals surface area contributed by atoms with Crippen LogP contribution in [0.1, 0.15) is 96.7 Å². The van der Waals surface area contributed by atoms with Crippen molar-refractivity contribution in [3.05, 3.63) is 17.5 Å². The standard InChI is InChI=1S/C29H43N5O4/c1-19(10-9-16-31-3)20(2)38-24-18-23(34-17-7-5-13-25(34)36)32-28(33-24)26(30)21-11-8-15-29(27(21)37)14-6-4-12-22(29)35/h18-20,31H,4-17,30H2,1-3H3/b26-21-/t19?,20-,29+/m0/s1. The Hall–Kier alpha value is -2.81. The second-order valence-corrected chi connectivity index (χ2v) is 11.2. The Labute approximate surface area is 226 Å². The lowest BCUT2D eigenvalue weighted by Crippen LogP contribution is -2.45. The Morgan fingerprint density at radius 3 is 2.58 bits per heavy atom. The molecule has 1 spiro atoms. The molecule has 1 amide bonds. The molecular weight excluding hydrogens is 482 g/mol. The van der Waals surface area contributed by atoms with Crippen LogP contribution in [0.25, 0.3) is 5.70 Å². The number of rotatable bonds is 9. The molecule has 1 aromatic rings. The topological polar surface area (TPSA) is 128 Å². The van der Waals surface area contributed by atoms with Gasteiger partial charge in [-0.15, -0.1) is 0 Å². The first kappa shape index (κ1) is 28.2. The van der Waals surface area contributed by atoms with E-state index in [9.17, 15) is 14.4 Å². The summed E-state index contributed by atoms with van der Waals surface area (Å²) in [6.45, 7) is 5.67. The molecule has 9 heteroatoms. The largest absolute Gasteiger partial charge is 0.474 e. The van der Waals surface area contributed by atoms with Crippen molar-refractivity contribution in [2.75, 3.05) is 25.0 Å². The van der Waals surface area contributed by atoms with Crippen molar-refractivity contribution in [1.82, 2.24) is 15.3 Å². The van der Waals surface area contributed by atoms with Crippen LogP contribution in [-0.2, 0) is 14.4 Å². The van der Waals surface area contributed by atoms with Crippen LogP contribution in [0, 0.1) is 11.3 Å². The summed E-state index contributed by atoms with van der Waals surface area (Å²) in [7, 11) is 1.94. The monoisotopic (exact) mass is 525 g/mol. The second-order valence-electron chi connectivity index (χ2n) is 11.2. The van der Waals surface area contributed by atoms with Crippen LogP contribution in [-0.4, -0.2) is 53.7 Å². The molecule has 4 rings (SSSR count). The fourth-order valence-electron chi connectivity index (χ4n) is 5.99. The van der Waals surface area contributed by atoms with Crippen molar-refractivity contribution < 1.29 is 19.1 Å². The number of ketones is 2. The number of aromatic nitrogens is 2. The minimum atomic E-state index is -0.951. The van der Waals surface area contributed by atoms with Crippen molar-refractivity contribution in [3.63, 3.8) is 0 Å². The molecule has 1 unspecified atom stereocenters. The summed E-state index contributed by atoms with van der Waals surface area (Å²) in [5.41, 5.74) is 6.31. The van der Waals surface area contributed by atoms with Crippen LogP contribution in [0.4, 0.5) is 5.82 Å². The Morgan fingerprint density at radius 2 is 1.84 bits per heavy atom. The Bertz CT molecular complexity index is 1080. The van der Waals surface area contributed by atoms with E-state index in [4.69, 9.17) is 10.5 Å². The molecule has 2 heterocycles. The van der Waals surface area contributed by atoms with Crippen LogP contribution >= 0.6 is 0 Å². The molecule has 9 nitrogen and oxygen atoms in total. The highest BCUT2D eigenvalue weighted by Gasteiger charge is 2.49. The zero-order valence-electron chi connectivity index (χ0n) is 23.2. The van der Waals surface area contributed by atoms with E-state index in [2.05, 4.69) is 22.2 Å². The first-order valence-electron chi connectivity index (χ1n) is 14.3. The van der Waals surface area contributed by atoms with Gasteiger partial charge in [-0.25, -0.2) is 4.98 Å². The molecule has 208 valence electrons. The van der Waals surface area contributed by atoms with Crippen LogP contribution in [0.5, 0.6) is 5.88 Å². The van der Waals surface area contributed by atoms with E-state index in [-0.39, 0.29) is 41.0 Å². The molecular formula is C29H43N5O4. The highest BCUT2D eigenvalue weighted by atomic mass is 16.5. The van der Waals surface area contributed by atoms with Crippen molar-refractivity contribution in [1.29, 1.82) is 0 Å². The van der Waals surface area contributed by atoms with E-state index < -0.39 is 5.41 Å². The highest BCUT2D eigenvalue weighted by molar-refractivity contribution is 6.17. The molecule has 3 N–H and O–H groups in total. The third-order valence-corrected chi connectivity index (χ3v) is 8.58. The van der Waals surface area contributed by atoms with Gasteiger partial charge in [0, 0.05) is 31.0 Å². The number of nitrogens with zero attached hydrogens (tertiary/aromatic N) is 3. The summed E-state index contributed by atoms with van der Waals surface area (Å²) in [5.74, 6) is 1.14. The van der Waals surface area contributed by atoms with Gasteiger partial charge in [0.25, 0.3) is 0 Å². The number of hydrogen-bond donors (Lipinski definition) is 2. The zero-order valence-corrected chi connectivity index (χ0v) is 23.2. The Kier molecular flexibility index (Phi) is 9.18. The number of anilines is 1. The van der Waals surface area contributed by atoms with Gasteiger partial charge in [-0.1, -0.05) is 13.3 Å². The number of Topliss-reactive ketones (excluding diaryl/α,β-unsaturated/α-hetero) is 2. The van der Waals surface area contributed by atoms with Crippen molar-refractivity contribution in [3.8, 4) is 5.88 Å². The third kappa shape index (κ3) is 5.92. The SMILES string of the molecule is CNCCCC(C)[C@H](C)Oc1cc(N2CCCCC2=O)nc(/C(N)=C2\CCC[C@@]3(CCCCC3=O)C2=O)n1. The van der Waals surface area contributed by atoms with Gasteiger partial charge >= 0.3 is 0 Å². The maximum Gasteiger partial charge on any atom is 0.228 e. The fourth-order valence-corrected chi connectivity index (χ4v) is 5.99. The van der Waals surface area contributed by atoms with Gasteiger partial charge in [-0.3, -0.25) is 19.3 Å². The predicted octanol–water partition coefficient (Wildman–Crippen LogP) is 3.95. The average Bonchev–Trinajstić information content (AvgIpc) is 2.91. The van der Waals surface area contributed by atoms with E-state index in [1.165, 1.54) is 0 Å². The van der Waals surface area contributed by atoms with Gasteiger partial charge in [0.2, 0.25) is 11.8 Å². The maximum absolute atomic E-state index is 13.7. The number of ether oxygens (including phenoxy) is 1. The normalized spacial score (nSPS) is 25.4. The van der Waals surface area contributed by atoms with Crippen molar-refractivity contribution in [2.45, 2.75) is 97.0 Å². The van der Waals surface area contributed by atoms with E-state index in [0.717, 1.165) is 51.5 Å². The summed E-state index contributed by atoms with van der Waals surface area (Å²) in [6.07, 6.45) is 8.67. The molecule has 1 saturated heterocycles. The third-order valence-electron chi connectivity index (χ3n) is 8.58. The predicted molar refractivity (Wildman–Crippen MR) is 147 cm³/mol. The Balaban J connectivity index is 1.68. The lowest BCUT2D eigenvalue weighted by atomic mass is 9.62. The van der Waals surface area contributed by atoms with E-state index >= 15 is 0 Å². The number of nitrogens with one attached hydrogen (secondary N) is 1. The van der Waals surface area contributed by atoms with Gasteiger partial charge < -0.3 is 15.8 Å². The number of allylic oxidation sites excluding steroid dienone is 1. The van der Waals surface area contributed by atoms with Crippen molar-refractivity contribution in [2.24, 2.45) is 17.1 Å². The number of hydrogen-bond acceptors (Lipinski definition) is 8. The zero-order chi connectivity index (χ0) is 27.3.